The topological polar surface area (TPSA) is 66.4 Å². The third-order valence-electron chi connectivity index (χ3n) is 6.03. The Hall–Kier alpha value is -1.80. The van der Waals surface area contributed by atoms with Crippen LogP contribution in [0.4, 0.5) is 0 Å². The van der Waals surface area contributed by atoms with Crippen molar-refractivity contribution >= 4 is 58.0 Å². The lowest BCUT2D eigenvalue weighted by Crippen LogP contribution is -2.60. The van der Waals surface area contributed by atoms with Gasteiger partial charge in [-0.2, -0.15) is 0 Å². The normalized spacial score (nSPS) is 20.8. The quantitative estimate of drug-likeness (QED) is 0.373. The SMILES string of the molecule is Cc1ccccc1C(=O)N[C@@H](NC(=S)N1C[C@H]2C[C@@H](C1)c1cccc(=O)n1C2)C(Cl)(Cl)Cl. The van der Waals surface area contributed by atoms with Crippen LogP contribution < -0.4 is 16.2 Å². The van der Waals surface area contributed by atoms with E-state index in [-0.39, 0.29) is 23.3 Å². The fraction of sp³-hybridized carbons (Fsp3) is 0.409. The summed E-state index contributed by atoms with van der Waals surface area (Å²) in [6.07, 6.45) is -0.0238. The Kier molecular flexibility index (Phi) is 6.73. The van der Waals surface area contributed by atoms with Crippen molar-refractivity contribution in [3.05, 3.63) is 69.6 Å². The maximum Gasteiger partial charge on any atom is 0.253 e. The summed E-state index contributed by atoms with van der Waals surface area (Å²) in [6.45, 7) is 3.82. The van der Waals surface area contributed by atoms with Crippen molar-refractivity contribution in [2.75, 3.05) is 13.1 Å². The lowest BCUT2D eigenvalue weighted by atomic mass is 9.83. The summed E-state index contributed by atoms with van der Waals surface area (Å²) in [5.74, 6) is 0.108. The van der Waals surface area contributed by atoms with Crippen molar-refractivity contribution in [3.63, 3.8) is 0 Å². The fourth-order valence-electron chi connectivity index (χ4n) is 4.51. The summed E-state index contributed by atoms with van der Waals surface area (Å²) in [7, 11) is 0. The second-order valence-electron chi connectivity index (χ2n) is 8.32. The number of nitrogens with zero attached hydrogens (tertiary/aromatic N) is 2. The van der Waals surface area contributed by atoms with Gasteiger partial charge < -0.3 is 20.1 Å². The van der Waals surface area contributed by atoms with Gasteiger partial charge in [0.2, 0.25) is 3.79 Å². The molecule has 1 aromatic heterocycles. The molecule has 10 heteroatoms. The molecule has 0 unspecified atom stereocenters. The van der Waals surface area contributed by atoms with Gasteiger partial charge >= 0.3 is 0 Å². The van der Waals surface area contributed by atoms with Crippen LogP contribution in [0.3, 0.4) is 0 Å². The number of carbonyl (C=O) groups excluding carboxylic acids is 1. The fourth-order valence-corrected chi connectivity index (χ4v) is 5.11. The molecule has 2 aliphatic rings. The molecule has 32 heavy (non-hydrogen) atoms. The van der Waals surface area contributed by atoms with Crippen LogP contribution in [0.25, 0.3) is 0 Å². The van der Waals surface area contributed by atoms with E-state index in [2.05, 4.69) is 10.6 Å². The predicted molar refractivity (Wildman–Crippen MR) is 132 cm³/mol. The number of carbonyl (C=O) groups is 1. The lowest BCUT2D eigenvalue weighted by Gasteiger charge is -2.44. The average molecular weight is 514 g/mol. The molecule has 170 valence electrons. The molecule has 0 spiro atoms. The van der Waals surface area contributed by atoms with Crippen LogP contribution in [-0.4, -0.2) is 43.5 Å². The van der Waals surface area contributed by atoms with Gasteiger partial charge in [-0.1, -0.05) is 59.1 Å². The van der Waals surface area contributed by atoms with E-state index in [1.54, 1.807) is 24.3 Å². The predicted octanol–water partition coefficient (Wildman–Crippen LogP) is 3.58. The Bertz CT molecular complexity index is 1100. The molecule has 4 rings (SSSR count). The van der Waals surface area contributed by atoms with Crippen molar-refractivity contribution in [1.29, 1.82) is 0 Å². The molecule has 3 atom stereocenters. The number of halogens is 3. The molecular formula is C22H23Cl3N4O2S. The van der Waals surface area contributed by atoms with E-state index in [1.165, 1.54) is 0 Å². The second kappa shape index (κ2) is 9.21. The van der Waals surface area contributed by atoms with Gasteiger partial charge in [0, 0.05) is 42.9 Å². The zero-order chi connectivity index (χ0) is 23.0. The van der Waals surface area contributed by atoms with Gasteiger partial charge in [0.15, 0.2) is 5.11 Å². The van der Waals surface area contributed by atoms with Gasteiger partial charge in [0.05, 0.1) is 0 Å². The Morgan fingerprint density at radius 2 is 1.84 bits per heavy atom. The number of piperidine rings is 1. The number of nitrogens with one attached hydrogen (secondary N) is 2. The largest absolute Gasteiger partial charge is 0.348 e. The molecule has 2 N–H and O–H groups in total. The first-order valence-electron chi connectivity index (χ1n) is 10.3. The van der Waals surface area contributed by atoms with Gasteiger partial charge in [0.25, 0.3) is 11.5 Å². The Balaban J connectivity index is 1.48. The molecule has 0 aliphatic carbocycles. The van der Waals surface area contributed by atoms with E-state index in [4.69, 9.17) is 47.0 Å². The van der Waals surface area contributed by atoms with Gasteiger partial charge in [-0.15, -0.1) is 0 Å². The van der Waals surface area contributed by atoms with Crippen LogP contribution in [0.2, 0.25) is 0 Å². The summed E-state index contributed by atoms with van der Waals surface area (Å²) in [4.78, 5) is 27.1. The molecule has 2 aromatic rings. The third kappa shape index (κ3) is 4.91. The first-order valence-corrected chi connectivity index (χ1v) is 11.9. The summed E-state index contributed by atoms with van der Waals surface area (Å²) in [5.41, 5.74) is 2.36. The average Bonchev–Trinajstić information content (AvgIpc) is 2.73. The van der Waals surface area contributed by atoms with Crippen LogP contribution in [0, 0.1) is 12.8 Å². The van der Waals surface area contributed by atoms with E-state index < -0.39 is 9.96 Å². The summed E-state index contributed by atoms with van der Waals surface area (Å²) in [6, 6.07) is 12.6. The minimum absolute atomic E-state index is 0.0292. The zero-order valence-electron chi connectivity index (χ0n) is 17.4. The van der Waals surface area contributed by atoms with Crippen molar-refractivity contribution in [1.82, 2.24) is 20.1 Å². The molecule has 0 radical (unpaired) electrons. The molecule has 1 saturated heterocycles. The van der Waals surface area contributed by atoms with Crippen LogP contribution in [0.15, 0.2) is 47.3 Å². The Labute approximate surface area is 206 Å². The summed E-state index contributed by atoms with van der Waals surface area (Å²) >= 11 is 24.1. The first kappa shape index (κ1) is 23.4. The second-order valence-corrected chi connectivity index (χ2v) is 11.1. The minimum Gasteiger partial charge on any atom is -0.348 e. The third-order valence-corrected chi connectivity index (χ3v) is 7.06. The highest BCUT2D eigenvalue weighted by Gasteiger charge is 2.39. The smallest absolute Gasteiger partial charge is 0.253 e. The van der Waals surface area contributed by atoms with E-state index in [1.807, 2.05) is 34.6 Å². The summed E-state index contributed by atoms with van der Waals surface area (Å²) < 4.78 is 0.0349. The van der Waals surface area contributed by atoms with Gasteiger partial charge in [-0.05, 0) is 49.2 Å². The van der Waals surface area contributed by atoms with E-state index in [0.717, 1.165) is 17.7 Å². The number of thiocarbonyl (C=S) groups is 1. The van der Waals surface area contributed by atoms with Gasteiger partial charge in [-0.25, -0.2) is 0 Å². The number of hydrogen-bond acceptors (Lipinski definition) is 3. The molecule has 2 bridgehead atoms. The minimum atomic E-state index is -1.83. The number of likely N-dealkylation sites (tertiary alicyclic amines) is 1. The zero-order valence-corrected chi connectivity index (χ0v) is 20.4. The number of benzene rings is 1. The van der Waals surface area contributed by atoms with Crippen LogP contribution in [0.1, 0.15) is 34.0 Å². The number of hydrogen-bond donors (Lipinski definition) is 2. The van der Waals surface area contributed by atoms with Crippen molar-refractivity contribution < 1.29 is 4.79 Å². The highest BCUT2D eigenvalue weighted by Crippen LogP contribution is 2.35. The maximum atomic E-state index is 12.8. The van der Waals surface area contributed by atoms with Crippen molar-refractivity contribution in [3.8, 4) is 0 Å². The summed E-state index contributed by atoms with van der Waals surface area (Å²) in [5, 5.41) is 6.18. The number of rotatable bonds is 3. The number of alkyl halides is 3. The molecule has 0 saturated carbocycles. The maximum absolute atomic E-state index is 12.8. The van der Waals surface area contributed by atoms with Crippen molar-refractivity contribution in [2.24, 2.45) is 5.92 Å². The van der Waals surface area contributed by atoms with Gasteiger partial charge in [0.1, 0.15) is 6.17 Å². The number of pyridine rings is 1. The number of aryl methyl sites for hydroxylation is 1. The Morgan fingerprint density at radius 3 is 2.56 bits per heavy atom. The molecule has 2 aliphatic heterocycles. The molecule has 1 aromatic carbocycles. The number of fused-ring (bicyclic) bond motifs is 4. The van der Waals surface area contributed by atoms with Gasteiger partial charge in [-0.3, -0.25) is 9.59 Å². The highest BCUT2D eigenvalue weighted by molar-refractivity contribution is 7.80. The van der Waals surface area contributed by atoms with Crippen LogP contribution in [-0.2, 0) is 6.54 Å². The van der Waals surface area contributed by atoms with Crippen LogP contribution in [0.5, 0.6) is 0 Å². The molecule has 6 nitrogen and oxygen atoms in total. The lowest BCUT2D eigenvalue weighted by molar-refractivity contribution is 0.0932. The monoisotopic (exact) mass is 512 g/mol. The molecular weight excluding hydrogens is 491 g/mol. The number of amides is 1. The van der Waals surface area contributed by atoms with E-state index in [9.17, 15) is 9.59 Å². The molecule has 3 heterocycles. The standard InChI is InChI=1S/C22H23Cl3N4O2S/c1-13-5-2-3-6-16(13)19(31)26-20(22(23,24)25)27-21(32)28-10-14-9-15(12-28)17-7-4-8-18(30)29(17)11-14/h2-8,14-15,20H,9-12H2,1H3,(H,26,31)(H,27,32)/t14-,15+,20+/m1/s1. The number of aromatic nitrogens is 1. The van der Waals surface area contributed by atoms with E-state index >= 15 is 0 Å². The first-order chi connectivity index (χ1) is 15.1. The van der Waals surface area contributed by atoms with Crippen molar-refractivity contribution in [2.45, 2.75) is 35.8 Å². The van der Waals surface area contributed by atoms with E-state index in [0.29, 0.717) is 30.3 Å². The van der Waals surface area contributed by atoms with Crippen LogP contribution >= 0.6 is 47.0 Å². The highest BCUT2D eigenvalue weighted by atomic mass is 35.6. The molecule has 1 fully saturated rings. The Morgan fingerprint density at radius 1 is 1.09 bits per heavy atom. The molecule has 1 amide bonds.